The highest BCUT2D eigenvalue weighted by molar-refractivity contribution is 5.95. The number of esters is 1. The van der Waals surface area contributed by atoms with Crippen LogP contribution in [0.15, 0.2) is 28.8 Å². The van der Waals surface area contributed by atoms with Gasteiger partial charge in [-0.3, -0.25) is 4.98 Å². The predicted octanol–water partition coefficient (Wildman–Crippen LogP) is 3.51. The van der Waals surface area contributed by atoms with E-state index >= 15 is 0 Å². The molecule has 124 valence electrons. The van der Waals surface area contributed by atoms with Crippen molar-refractivity contribution in [2.45, 2.75) is 27.4 Å². The predicted molar refractivity (Wildman–Crippen MR) is 88.1 cm³/mol. The summed E-state index contributed by atoms with van der Waals surface area (Å²) in [5.74, 6) is 0.960. The van der Waals surface area contributed by atoms with Gasteiger partial charge in [0.05, 0.1) is 35.1 Å². The summed E-state index contributed by atoms with van der Waals surface area (Å²) in [4.78, 5) is 16.9. The van der Waals surface area contributed by atoms with Gasteiger partial charge in [0, 0.05) is 11.5 Å². The van der Waals surface area contributed by atoms with Crippen molar-refractivity contribution in [1.29, 1.82) is 0 Å². The monoisotopic (exact) mass is 326 g/mol. The third-order valence-corrected chi connectivity index (χ3v) is 3.96. The number of rotatable bonds is 4. The normalized spacial score (nSPS) is 10.8. The SMILES string of the molecule is COc1ccc2cc(C(=O)OCc3c(C)noc3C)c(C)nc2c1. The fourth-order valence-corrected chi connectivity index (χ4v) is 2.50. The molecule has 0 aliphatic carbocycles. The van der Waals surface area contributed by atoms with Gasteiger partial charge in [-0.05, 0) is 39.0 Å². The standard InChI is InChI=1S/C18H18N2O4/c1-10-15(7-13-5-6-14(22-4)8-17(13)19-10)18(21)23-9-16-11(2)20-24-12(16)3/h5-8H,9H2,1-4H3. The minimum atomic E-state index is -0.419. The zero-order valence-corrected chi connectivity index (χ0v) is 14.0. The van der Waals surface area contributed by atoms with Gasteiger partial charge in [-0.25, -0.2) is 4.79 Å². The molecule has 6 nitrogen and oxygen atoms in total. The lowest BCUT2D eigenvalue weighted by Crippen LogP contribution is -2.09. The number of ether oxygens (including phenoxy) is 2. The van der Waals surface area contributed by atoms with E-state index in [0.29, 0.717) is 17.0 Å². The topological polar surface area (TPSA) is 74.5 Å². The van der Waals surface area contributed by atoms with Crippen LogP contribution in [0.5, 0.6) is 5.75 Å². The maximum absolute atomic E-state index is 12.4. The summed E-state index contributed by atoms with van der Waals surface area (Å²) in [5.41, 5.74) is 3.34. The smallest absolute Gasteiger partial charge is 0.340 e. The van der Waals surface area contributed by atoms with Gasteiger partial charge in [0.1, 0.15) is 18.1 Å². The summed E-state index contributed by atoms with van der Waals surface area (Å²) in [6, 6.07) is 7.32. The van der Waals surface area contributed by atoms with Crippen LogP contribution in [0.3, 0.4) is 0 Å². The second kappa shape index (κ2) is 6.31. The molecule has 0 saturated carbocycles. The molecule has 0 aliphatic heterocycles. The number of benzene rings is 1. The molecule has 0 N–H and O–H groups in total. The molecule has 24 heavy (non-hydrogen) atoms. The van der Waals surface area contributed by atoms with E-state index in [1.807, 2.05) is 25.1 Å². The summed E-state index contributed by atoms with van der Waals surface area (Å²) in [7, 11) is 1.61. The van der Waals surface area contributed by atoms with E-state index in [0.717, 1.165) is 27.9 Å². The van der Waals surface area contributed by atoms with Crippen LogP contribution in [0.1, 0.15) is 33.1 Å². The molecule has 0 fully saturated rings. The van der Waals surface area contributed by atoms with Crippen LogP contribution in [0.4, 0.5) is 0 Å². The van der Waals surface area contributed by atoms with Crippen molar-refractivity contribution in [3.05, 3.63) is 52.5 Å². The van der Waals surface area contributed by atoms with Crippen LogP contribution < -0.4 is 4.74 Å². The van der Waals surface area contributed by atoms with E-state index in [4.69, 9.17) is 14.0 Å². The minimum Gasteiger partial charge on any atom is -0.497 e. The quantitative estimate of drug-likeness (QED) is 0.683. The molecule has 6 heteroatoms. The molecule has 0 unspecified atom stereocenters. The van der Waals surface area contributed by atoms with Crippen LogP contribution in [-0.4, -0.2) is 23.2 Å². The first-order chi connectivity index (χ1) is 11.5. The van der Waals surface area contributed by atoms with Crippen LogP contribution >= 0.6 is 0 Å². The summed E-state index contributed by atoms with van der Waals surface area (Å²) in [6.45, 7) is 5.51. The molecule has 0 spiro atoms. The molecule has 0 radical (unpaired) electrons. The molecular weight excluding hydrogens is 308 g/mol. The molecule has 0 aliphatic rings. The number of hydrogen-bond acceptors (Lipinski definition) is 6. The van der Waals surface area contributed by atoms with E-state index in [2.05, 4.69) is 10.1 Å². The number of carbonyl (C=O) groups is 1. The van der Waals surface area contributed by atoms with Crippen molar-refractivity contribution in [2.75, 3.05) is 7.11 Å². The van der Waals surface area contributed by atoms with Crippen molar-refractivity contribution in [1.82, 2.24) is 10.1 Å². The molecule has 2 aromatic heterocycles. The fourth-order valence-electron chi connectivity index (χ4n) is 2.50. The van der Waals surface area contributed by atoms with Crippen molar-refractivity contribution < 1.29 is 18.8 Å². The van der Waals surface area contributed by atoms with E-state index < -0.39 is 5.97 Å². The number of nitrogens with zero attached hydrogens (tertiary/aromatic N) is 2. The van der Waals surface area contributed by atoms with Crippen molar-refractivity contribution in [3.63, 3.8) is 0 Å². The summed E-state index contributed by atoms with van der Waals surface area (Å²) >= 11 is 0. The number of hydrogen-bond donors (Lipinski definition) is 0. The maximum Gasteiger partial charge on any atom is 0.340 e. The highest BCUT2D eigenvalue weighted by Crippen LogP contribution is 2.22. The summed E-state index contributed by atoms with van der Waals surface area (Å²) < 4.78 is 15.7. The third-order valence-electron chi connectivity index (χ3n) is 3.96. The minimum absolute atomic E-state index is 0.125. The van der Waals surface area contributed by atoms with Gasteiger partial charge in [-0.2, -0.15) is 0 Å². The Hall–Kier alpha value is -2.89. The zero-order valence-electron chi connectivity index (χ0n) is 14.0. The molecule has 1 aromatic carbocycles. The summed E-state index contributed by atoms with van der Waals surface area (Å²) in [6.07, 6.45) is 0. The first kappa shape index (κ1) is 16.0. The van der Waals surface area contributed by atoms with Gasteiger partial charge in [0.15, 0.2) is 0 Å². The van der Waals surface area contributed by atoms with Gasteiger partial charge < -0.3 is 14.0 Å². The van der Waals surface area contributed by atoms with Crippen molar-refractivity contribution in [3.8, 4) is 5.75 Å². The largest absolute Gasteiger partial charge is 0.497 e. The molecule has 0 atom stereocenters. The Kier molecular flexibility index (Phi) is 4.20. The number of pyridine rings is 1. The number of carbonyl (C=O) groups excluding carboxylic acids is 1. The second-order valence-corrected chi connectivity index (χ2v) is 5.56. The number of aromatic nitrogens is 2. The number of methoxy groups -OCH3 is 1. The Bertz CT molecular complexity index is 895. The zero-order chi connectivity index (χ0) is 17.3. The Morgan fingerprint density at radius 1 is 1.17 bits per heavy atom. The van der Waals surface area contributed by atoms with Crippen LogP contribution in [-0.2, 0) is 11.3 Å². The third kappa shape index (κ3) is 2.95. The lowest BCUT2D eigenvalue weighted by Gasteiger charge is -2.09. The van der Waals surface area contributed by atoms with E-state index in [9.17, 15) is 4.79 Å². The molecule has 2 heterocycles. The van der Waals surface area contributed by atoms with Gasteiger partial charge in [0.25, 0.3) is 0 Å². The van der Waals surface area contributed by atoms with Gasteiger partial charge >= 0.3 is 5.97 Å². The van der Waals surface area contributed by atoms with E-state index in [1.165, 1.54) is 0 Å². The lowest BCUT2D eigenvalue weighted by atomic mass is 10.1. The Morgan fingerprint density at radius 3 is 2.62 bits per heavy atom. The highest BCUT2D eigenvalue weighted by atomic mass is 16.5. The first-order valence-electron chi connectivity index (χ1n) is 7.54. The molecule has 0 saturated heterocycles. The van der Waals surface area contributed by atoms with Crippen molar-refractivity contribution in [2.24, 2.45) is 0 Å². The number of fused-ring (bicyclic) bond motifs is 1. The second-order valence-electron chi connectivity index (χ2n) is 5.56. The summed E-state index contributed by atoms with van der Waals surface area (Å²) in [5, 5.41) is 4.70. The first-order valence-corrected chi connectivity index (χ1v) is 7.54. The Morgan fingerprint density at radius 2 is 1.96 bits per heavy atom. The lowest BCUT2D eigenvalue weighted by molar-refractivity contribution is 0.0469. The molecular formula is C18H18N2O4. The molecule has 0 amide bonds. The van der Waals surface area contributed by atoms with Crippen LogP contribution in [0.2, 0.25) is 0 Å². The van der Waals surface area contributed by atoms with Gasteiger partial charge in [-0.1, -0.05) is 5.16 Å². The Labute approximate surface area is 139 Å². The van der Waals surface area contributed by atoms with E-state index in [-0.39, 0.29) is 6.61 Å². The Balaban J connectivity index is 1.85. The van der Waals surface area contributed by atoms with Gasteiger partial charge in [0.2, 0.25) is 0 Å². The fraction of sp³-hybridized carbons (Fsp3) is 0.278. The van der Waals surface area contributed by atoms with Crippen LogP contribution in [0.25, 0.3) is 10.9 Å². The average molecular weight is 326 g/mol. The van der Waals surface area contributed by atoms with E-state index in [1.54, 1.807) is 27.0 Å². The number of aryl methyl sites for hydroxylation is 3. The molecule has 3 aromatic rings. The van der Waals surface area contributed by atoms with Crippen molar-refractivity contribution >= 4 is 16.9 Å². The average Bonchev–Trinajstić information content (AvgIpc) is 2.89. The molecule has 3 rings (SSSR count). The van der Waals surface area contributed by atoms with Crippen LogP contribution in [0, 0.1) is 20.8 Å². The highest BCUT2D eigenvalue weighted by Gasteiger charge is 2.16. The van der Waals surface area contributed by atoms with Gasteiger partial charge in [-0.15, -0.1) is 0 Å². The molecule has 0 bridgehead atoms. The maximum atomic E-state index is 12.4.